The summed E-state index contributed by atoms with van der Waals surface area (Å²) in [5.74, 6) is 0. The zero-order chi connectivity index (χ0) is 37.9. The fourth-order valence-electron chi connectivity index (χ4n) is 7.27. The highest BCUT2D eigenvalue weighted by molar-refractivity contribution is 6.28. The molecule has 0 saturated carbocycles. The maximum atomic E-state index is 9.45. The number of para-hydroxylation sites is 1. The van der Waals surface area contributed by atoms with Crippen LogP contribution in [0.25, 0.3) is 98.4 Å². The third kappa shape index (κ3) is 3.90. The van der Waals surface area contributed by atoms with E-state index in [0.717, 1.165) is 43.4 Å². The molecule has 0 saturated heterocycles. The highest BCUT2D eigenvalue weighted by atomic mass is 16.3. The van der Waals surface area contributed by atoms with Crippen LogP contribution in [-0.2, 0) is 0 Å². The third-order valence-corrected chi connectivity index (χ3v) is 9.30. The molecule has 1 heterocycles. The molecule has 0 unspecified atom stereocenters. The fraction of sp³-hybridized carbons (Fsp3) is 0. The summed E-state index contributed by atoms with van der Waals surface area (Å²) < 4.78 is 79.5. The Morgan fingerprint density at radius 2 is 0.936 bits per heavy atom. The van der Waals surface area contributed by atoms with Gasteiger partial charge in [-0.05, 0) is 88.6 Å². The monoisotopic (exact) mass is 604 g/mol. The van der Waals surface area contributed by atoms with Gasteiger partial charge in [0.05, 0.1) is 11.0 Å². The van der Waals surface area contributed by atoms with Crippen molar-refractivity contribution in [2.75, 3.05) is 0 Å². The van der Waals surface area contributed by atoms with Gasteiger partial charge in [0, 0.05) is 10.8 Å². The van der Waals surface area contributed by atoms with Crippen molar-refractivity contribution in [2.45, 2.75) is 0 Å². The van der Waals surface area contributed by atoms with Crippen molar-refractivity contribution in [3.8, 4) is 33.4 Å². The van der Waals surface area contributed by atoms with E-state index in [9.17, 15) is 5.48 Å². The Bertz CT molecular complexity index is 3210. The minimum absolute atomic E-state index is 0.164. The second-order valence-corrected chi connectivity index (χ2v) is 11.8. The van der Waals surface area contributed by atoms with E-state index in [0.29, 0.717) is 33.4 Å². The van der Waals surface area contributed by atoms with Gasteiger partial charge in [0.15, 0.2) is 0 Å². The molecule has 218 valence electrons. The second-order valence-electron chi connectivity index (χ2n) is 11.8. The second kappa shape index (κ2) is 10.2. The van der Waals surface area contributed by atoms with Gasteiger partial charge in [0.1, 0.15) is 11.2 Å². The van der Waals surface area contributed by atoms with Crippen molar-refractivity contribution in [2.24, 2.45) is 0 Å². The molecule has 0 aliphatic rings. The quantitative estimate of drug-likeness (QED) is 0.183. The minimum Gasteiger partial charge on any atom is -0.456 e. The predicted molar refractivity (Wildman–Crippen MR) is 200 cm³/mol. The van der Waals surface area contributed by atoms with E-state index in [1.807, 2.05) is 103 Å². The Hall–Kier alpha value is -6.18. The van der Waals surface area contributed by atoms with Crippen LogP contribution in [0.4, 0.5) is 0 Å². The number of fused-ring (bicyclic) bond motifs is 8. The lowest BCUT2D eigenvalue weighted by molar-refractivity contribution is 0.669. The molecule has 10 rings (SSSR count). The van der Waals surface area contributed by atoms with E-state index in [1.165, 1.54) is 0 Å². The standard InChI is InChI=1S/C46H28O/c1-2-14-32-29(12-1)13-11-22-33(32)30-24-26-31(27-25-30)44-36-17-5-7-19-38(36)45(39-20-8-6-18-37(39)44)41-28-43-46(35-16-4-3-15-34(35)41)40-21-9-10-23-42(40)47-43/h1-28H/i5D,6D,7D,8D,17D,18D,19D,20D. The Morgan fingerprint density at radius 3 is 1.66 bits per heavy atom. The van der Waals surface area contributed by atoms with Gasteiger partial charge in [-0.3, -0.25) is 0 Å². The minimum atomic E-state index is -0.440. The first-order valence-corrected chi connectivity index (χ1v) is 15.5. The highest BCUT2D eigenvalue weighted by Crippen LogP contribution is 2.47. The molecule has 0 aliphatic heterocycles. The number of hydrogen-bond donors (Lipinski definition) is 0. The molecule has 1 nitrogen and oxygen atoms in total. The summed E-state index contributed by atoms with van der Waals surface area (Å²) in [6.07, 6.45) is 0. The van der Waals surface area contributed by atoms with Gasteiger partial charge in [-0.15, -0.1) is 0 Å². The largest absolute Gasteiger partial charge is 0.456 e. The molecule has 0 N–H and O–H groups in total. The zero-order valence-electron chi connectivity index (χ0n) is 33.0. The molecule has 1 heteroatoms. The first-order chi connectivity index (χ1) is 26.7. The summed E-state index contributed by atoms with van der Waals surface area (Å²) in [6.45, 7) is 0. The van der Waals surface area contributed by atoms with Crippen LogP contribution in [0, 0.1) is 0 Å². The fourth-order valence-corrected chi connectivity index (χ4v) is 7.27. The Labute approximate surface area is 283 Å². The van der Waals surface area contributed by atoms with Gasteiger partial charge in [0.2, 0.25) is 0 Å². The number of furan rings is 1. The molecular formula is C46H28O. The zero-order valence-corrected chi connectivity index (χ0v) is 25.0. The summed E-state index contributed by atoms with van der Waals surface area (Å²) in [4.78, 5) is 0. The number of hydrogen-bond acceptors (Lipinski definition) is 1. The van der Waals surface area contributed by atoms with Gasteiger partial charge in [-0.1, -0.05) is 158 Å². The number of benzene rings is 9. The van der Waals surface area contributed by atoms with Gasteiger partial charge in [0.25, 0.3) is 0 Å². The normalized spacial score (nSPS) is 14.2. The topological polar surface area (TPSA) is 13.1 Å². The van der Waals surface area contributed by atoms with E-state index in [-0.39, 0.29) is 45.7 Å². The van der Waals surface area contributed by atoms with Crippen LogP contribution in [-0.4, -0.2) is 0 Å². The predicted octanol–water partition coefficient (Wildman–Crippen LogP) is 13.2. The molecule has 0 spiro atoms. The molecule has 47 heavy (non-hydrogen) atoms. The molecule has 0 atom stereocenters. The van der Waals surface area contributed by atoms with Crippen molar-refractivity contribution in [1.82, 2.24) is 0 Å². The van der Waals surface area contributed by atoms with Gasteiger partial charge in [-0.2, -0.15) is 0 Å². The SMILES string of the molecule is [2H]c1c([2H])c([2H])c2c(-c3cc4oc5ccccc5c4c4ccccc34)c3c([2H])c([2H])c([2H])c([2H])c3c(-c3ccc(-c4cccc5ccccc45)cc3)c2c1[2H]. The van der Waals surface area contributed by atoms with Crippen molar-refractivity contribution in [3.05, 3.63) is 170 Å². The average Bonchev–Trinajstić information content (AvgIpc) is 3.61. The van der Waals surface area contributed by atoms with Crippen LogP contribution in [0.2, 0.25) is 0 Å². The summed E-state index contributed by atoms with van der Waals surface area (Å²) in [5, 5.41) is 6.24. The Balaban J connectivity index is 1.39. The molecular weight excluding hydrogens is 569 g/mol. The van der Waals surface area contributed by atoms with Crippen LogP contribution in [0.1, 0.15) is 11.0 Å². The molecule has 9 aromatic carbocycles. The third-order valence-electron chi connectivity index (χ3n) is 9.30. The molecule has 0 amide bonds. The first kappa shape index (κ1) is 19.4. The van der Waals surface area contributed by atoms with Crippen LogP contribution < -0.4 is 0 Å². The van der Waals surface area contributed by atoms with Crippen molar-refractivity contribution >= 4 is 65.0 Å². The lowest BCUT2D eigenvalue weighted by Gasteiger charge is -2.19. The first-order valence-electron chi connectivity index (χ1n) is 19.5. The molecule has 1 aromatic heterocycles. The molecule has 10 aromatic rings. The van der Waals surface area contributed by atoms with Crippen molar-refractivity contribution in [1.29, 1.82) is 0 Å². The molecule has 0 aliphatic carbocycles. The maximum Gasteiger partial charge on any atom is 0.136 e. The van der Waals surface area contributed by atoms with Crippen LogP contribution in [0.5, 0.6) is 0 Å². The summed E-state index contributed by atoms with van der Waals surface area (Å²) >= 11 is 0. The molecule has 0 bridgehead atoms. The van der Waals surface area contributed by atoms with E-state index < -0.39 is 24.2 Å². The highest BCUT2D eigenvalue weighted by Gasteiger charge is 2.20. The van der Waals surface area contributed by atoms with Crippen molar-refractivity contribution < 1.29 is 15.4 Å². The Kier molecular flexibility index (Phi) is 4.19. The van der Waals surface area contributed by atoms with E-state index >= 15 is 0 Å². The summed E-state index contributed by atoms with van der Waals surface area (Å²) in [5.41, 5.74) is 4.87. The molecule has 0 radical (unpaired) electrons. The van der Waals surface area contributed by atoms with Gasteiger partial charge < -0.3 is 4.42 Å². The lowest BCUT2D eigenvalue weighted by atomic mass is 9.84. The number of rotatable bonds is 3. The Morgan fingerprint density at radius 1 is 0.383 bits per heavy atom. The lowest BCUT2D eigenvalue weighted by Crippen LogP contribution is -1.92. The van der Waals surface area contributed by atoms with E-state index in [4.69, 9.17) is 9.90 Å². The molecule has 0 fully saturated rings. The average molecular weight is 605 g/mol. The van der Waals surface area contributed by atoms with Crippen LogP contribution in [0.3, 0.4) is 0 Å². The van der Waals surface area contributed by atoms with Gasteiger partial charge in [-0.25, -0.2) is 0 Å². The smallest absolute Gasteiger partial charge is 0.136 e. The van der Waals surface area contributed by atoms with Gasteiger partial charge >= 0.3 is 0 Å². The van der Waals surface area contributed by atoms with E-state index in [1.54, 1.807) is 0 Å². The van der Waals surface area contributed by atoms with Crippen molar-refractivity contribution in [3.63, 3.8) is 0 Å². The van der Waals surface area contributed by atoms with Crippen LogP contribution in [0.15, 0.2) is 174 Å². The van der Waals surface area contributed by atoms with Crippen LogP contribution >= 0.6 is 0 Å². The van der Waals surface area contributed by atoms with E-state index in [2.05, 4.69) is 18.2 Å². The summed E-state index contributed by atoms with van der Waals surface area (Å²) in [7, 11) is 0. The summed E-state index contributed by atoms with van der Waals surface area (Å²) in [6, 6.07) is 36.2. The maximum absolute atomic E-state index is 9.45.